The van der Waals surface area contributed by atoms with Gasteiger partial charge in [0, 0.05) is 10.4 Å². The van der Waals surface area contributed by atoms with Gasteiger partial charge in [-0.25, -0.2) is 9.67 Å². The van der Waals surface area contributed by atoms with E-state index in [4.69, 9.17) is 11.6 Å². The van der Waals surface area contributed by atoms with Crippen LogP contribution in [0.1, 0.15) is 10.4 Å². The lowest BCUT2D eigenvalue weighted by Gasteiger charge is -2.10. The van der Waals surface area contributed by atoms with E-state index in [-0.39, 0.29) is 5.91 Å². The summed E-state index contributed by atoms with van der Waals surface area (Å²) >= 11 is 9.72. The lowest BCUT2D eigenvalue weighted by Crippen LogP contribution is -2.13. The normalized spacial score (nSPS) is 10.6. The molecule has 0 unspecified atom stereocenters. The van der Waals surface area contributed by atoms with Crippen LogP contribution in [0.15, 0.2) is 42.3 Å². The first-order chi connectivity index (χ1) is 10.1. The molecule has 2 heterocycles. The van der Waals surface area contributed by atoms with Crippen molar-refractivity contribution in [3.63, 3.8) is 0 Å². The third-order valence-corrected chi connectivity index (χ3v) is 4.73. The highest BCUT2D eigenvalue weighted by molar-refractivity contribution is 14.1. The Balaban J connectivity index is 1.94. The zero-order valence-electron chi connectivity index (χ0n) is 10.5. The van der Waals surface area contributed by atoms with Gasteiger partial charge in [0.15, 0.2) is 0 Å². The highest BCUT2D eigenvalue weighted by Gasteiger charge is 2.12. The van der Waals surface area contributed by atoms with Crippen molar-refractivity contribution in [2.24, 2.45) is 0 Å². The molecule has 0 saturated heterocycles. The summed E-state index contributed by atoms with van der Waals surface area (Å²) in [5, 5.41) is 9.29. The zero-order chi connectivity index (χ0) is 14.8. The van der Waals surface area contributed by atoms with Gasteiger partial charge in [0.1, 0.15) is 12.7 Å². The SMILES string of the molecule is O=C(Nc1cc(Cl)ccc1-n1cncn1)c1csc(I)c1. The summed E-state index contributed by atoms with van der Waals surface area (Å²) in [6, 6.07) is 7.04. The number of halogens is 2. The molecule has 3 aromatic rings. The number of amides is 1. The van der Waals surface area contributed by atoms with E-state index in [1.807, 2.05) is 11.4 Å². The van der Waals surface area contributed by atoms with Gasteiger partial charge in [0.25, 0.3) is 5.91 Å². The molecule has 0 radical (unpaired) electrons. The van der Waals surface area contributed by atoms with Crippen LogP contribution in [0.2, 0.25) is 5.02 Å². The minimum absolute atomic E-state index is 0.183. The predicted octanol–water partition coefficient (Wildman–Crippen LogP) is 3.84. The lowest BCUT2D eigenvalue weighted by molar-refractivity contribution is 0.102. The average Bonchev–Trinajstić information content (AvgIpc) is 3.10. The number of nitrogens with one attached hydrogen (secondary N) is 1. The Labute approximate surface area is 143 Å². The number of carbonyl (C=O) groups excluding carboxylic acids is 1. The van der Waals surface area contributed by atoms with Crippen LogP contribution in [0.25, 0.3) is 5.69 Å². The number of rotatable bonds is 3. The fraction of sp³-hybridized carbons (Fsp3) is 0. The molecule has 1 N–H and O–H groups in total. The molecular weight excluding hydrogens is 423 g/mol. The van der Waals surface area contributed by atoms with Crippen molar-refractivity contribution in [1.29, 1.82) is 0 Å². The van der Waals surface area contributed by atoms with E-state index in [1.54, 1.807) is 29.2 Å². The highest BCUT2D eigenvalue weighted by atomic mass is 127. The van der Waals surface area contributed by atoms with Crippen molar-refractivity contribution < 1.29 is 4.79 Å². The van der Waals surface area contributed by atoms with Crippen LogP contribution >= 0.6 is 45.5 Å². The summed E-state index contributed by atoms with van der Waals surface area (Å²) in [6.07, 6.45) is 2.99. The standard InChI is InChI=1S/C13H8ClIN4OS/c14-9-1-2-11(19-7-16-6-17-19)10(4-9)18-13(20)8-3-12(15)21-5-8/h1-7H,(H,18,20). The molecule has 0 spiro atoms. The molecule has 0 aliphatic carbocycles. The third-order valence-electron chi connectivity index (χ3n) is 2.70. The van der Waals surface area contributed by atoms with Gasteiger partial charge < -0.3 is 5.32 Å². The maximum Gasteiger partial charge on any atom is 0.256 e. The Kier molecular flexibility index (Phi) is 4.22. The Morgan fingerprint density at radius 3 is 2.90 bits per heavy atom. The van der Waals surface area contributed by atoms with E-state index in [0.29, 0.717) is 22.0 Å². The highest BCUT2D eigenvalue weighted by Crippen LogP contribution is 2.25. The molecule has 21 heavy (non-hydrogen) atoms. The zero-order valence-corrected chi connectivity index (χ0v) is 14.2. The van der Waals surface area contributed by atoms with Crippen LogP contribution in [0.3, 0.4) is 0 Å². The number of hydrogen-bond donors (Lipinski definition) is 1. The first-order valence-corrected chi connectivity index (χ1v) is 8.17. The molecule has 0 saturated carbocycles. The number of benzene rings is 1. The maximum atomic E-state index is 12.3. The van der Waals surface area contributed by atoms with Crippen LogP contribution in [0.5, 0.6) is 0 Å². The molecule has 8 heteroatoms. The third kappa shape index (κ3) is 3.25. The van der Waals surface area contributed by atoms with E-state index >= 15 is 0 Å². The Bertz CT molecular complexity index is 787. The minimum Gasteiger partial charge on any atom is -0.320 e. The summed E-state index contributed by atoms with van der Waals surface area (Å²) in [6.45, 7) is 0. The van der Waals surface area contributed by atoms with Gasteiger partial charge in [0.05, 0.1) is 19.8 Å². The van der Waals surface area contributed by atoms with Crippen LogP contribution in [-0.4, -0.2) is 20.7 Å². The van der Waals surface area contributed by atoms with Crippen molar-refractivity contribution in [2.45, 2.75) is 0 Å². The van der Waals surface area contributed by atoms with E-state index in [0.717, 1.165) is 2.88 Å². The number of thiophene rings is 1. The summed E-state index contributed by atoms with van der Waals surface area (Å²) in [4.78, 5) is 16.2. The quantitative estimate of drug-likeness (QED) is 0.642. The summed E-state index contributed by atoms with van der Waals surface area (Å²) in [7, 11) is 0. The van der Waals surface area contributed by atoms with E-state index < -0.39 is 0 Å². The Hall–Kier alpha value is -1.45. The summed E-state index contributed by atoms with van der Waals surface area (Å²) < 4.78 is 2.63. The largest absolute Gasteiger partial charge is 0.320 e. The van der Waals surface area contributed by atoms with Gasteiger partial charge in [-0.3, -0.25) is 4.79 Å². The molecule has 0 aliphatic heterocycles. The van der Waals surface area contributed by atoms with Crippen LogP contribution in [-0.2, 0) is 0 Å². The van der Waals surface area contributed by atoms with Gasteiger partial charge in [0.2, 0.25) is 0 Å². The smallest absolute Gasteiger partial charge is 0.256 e. The molecular formula is C13H8ClIN4OS. The second-order valence-corrected chi connectivity index (χ2v) is 7.34. The van der Waals surface area contributed by atoms with E-state index in [2.05, 4.69) is 38.0 Å². The van der Waals surface area contributed by atoms with Gasteiger partial charge in [-0.15, -0.1) is 11.3 Å². The van der Waals surface area contributed by atoms with Crippen molar-refractivity contribution in [2.75, 3.05) is 5.32 Å². The molecule has 2 aromatic heterocycles. The Morgan fingerprint density at radius 1 is 1.38 bits per heavy atom. The van der Waals surface area contributed by atoms with Gasteiger partial charge in [-0.1, -0.05) is 11.6 Å². The molecule has 0 atom stereocenters. The molecule has 0 bridgehead atoms. The van der Waals surface area contributed by atoms with Crippen molar-refractivity contribution in [3.8, 4) is 5.69 Å². The molecule has 106 valence electrons. The average molecular weight is 431 g/mol. The number of hydrogen-bond acceptors (Lipinski definition) is 4. The van der Waals surface area contributed by atoms with Crippen molar-refractivity contribution in [3.05, 3.63) is 55.8 Å². The molecule has 3 rings (SSSR count). The first-order valence-electron chi connectivity index (χ1n) is 5.83. The summed E-state index contributed by atoms with van der Waals surface area (Å²) in [5.74, 6) is -0.183. The molecule has 1 amide bonds. The van der Waals surface area contributed by atoms with E-state index in [1.165, 1.54) is 17.7 Å². The van der Waals surface area contributed by atoms with Gasteiger partial charge in [-0.2, -0.15) is 5.10 Å². The van der Waals surface area contributed by atoms with Crippen LogP contribution < -0.4 is 5.32 Å². The number of aromatic nitrogens is 3. The Morgan fingerprint density at radius 2 is 2.24 bits per heavy atom. The molecule has 0 fully saturated rings. The number of nitrogens with zero attached hydrogens (tertiary/aromatic N) is 3. The van der Waals surface area contributed by atoms with Crippen molar-refractivity contribution in [1.82, 2.24) is 14.8 Å². The lowest BCUT2D eigenvalue weighted by atomic mass is 10.2. The monoisotopic (exact) mass is 430 g/mol. The fourth-order valence-corrected chi connectivity index (χ4v) is 3.26. The minimum atomic E-state index is -0.183. The van der Waals surface area contributed by atoms with Gasteiger partial charge >= 0.3 is 0 Å². The van der Waals surface area contributed by atoms with E-state index in [9.17, 15) is 4.79 Å². The predicted molar refractivity (Wildman–Crippen MR) is 91.4 cm³/mol. The fourth-order valence-electron chi connectivity index (χ4n) is 1.76. The molecule has 0 aliphatic rings. The van der Waals surface area contributed by atoms with Crippen molar-refractivity contribution >= 4 is 57.1 Å². The number of anilines is 1. The number of carbonyl (C=O) groups is 1. The maximum absolute atomic E-state index is 12.3. The van der Waals surface area contributed by atoms with Crippen LogP contribution in [0.4, 0.5) is 5.69 Å². The second kappa shape index (κ2) is 6.12. The first kappa shape index (κ1) is 14.5. The molecule has 5 nitrogen and oxygen atoms in total. The molecule has 1 aromatic carbocycles. The van der Waals surface area contributed by atoms with Crippen LogP contribution in [0, 0.1) is 2.88 Å². The van der Waals surface area contributed by atoms with Gasteiger partial charge in [-0.05, 0) is 46.9 Å². The topological polar surface area (TPSA) is 59.8 Å². The summed E-state index contributed by atoms with van der Waals surface area (Å²) in [5.41, 5.74) is 1.91. The second-order valence-electron chi connectivity index (χ2n) is 4.10.